The van der Waals surface area contributed by atoms with Crippen LogP contribution in [0.2, 0.25) is 0 Å². The van der Waals surface area contributed by atoms with E-state index in [1.807, 2.05) is 6.07 Å². The van der Waals surface area contributed by atoms with E-state index >= 15 is 0 Å². The molecule has 1 heterocycles. The van der Waals surface area contributed by atoms with Crippen molar-refractivity contribution in [1.29, 1.82) is 5.26 Å². The molecule has 0 amide bonds. The van der Waals surface area contributed by atoms with Crippen LogP contribution in [0.4, 0.5) is 5.69 Å². The molecule has 116 valence electrons. The Morgan fingerprint density at radius 1 is 1.55 bits per heavy atom. The fraction of sp³-hybridized carbons (Fsp3) is 0.286. The highest BCUT2D eigenvalue weighted by Gasteiger charge is 2.07. The van der Waals surface area contributed by atoms with Crippen molar-refractivity contribution in [2.24, 2.45) is 10.7 Å². The van der Waals surface area contributed by atoms with E-state index in [1.165, 1.54) is 6.07 Å². The van der Waals surface area contributed by atoms with Crippen LogP contribution in [0, 0.1) is 21.4 Å². The summed E-state index contributed by atoms with van der Waals surface area (Å²) in [4.78, 5) is 14.4. The second-order valence-electron chi connectivity index (χ2n) is 4.36. The van der Waals surface area contributed by atoms with Gasteiger partial charge in [0, 0.05) is 19.2 Å². The molecular formula is C14H17N5O2S. The van der Waals surface area contributed by atoms with Gasteiger partial charge >= 0.3 is 0 Å². The molecule has 0 bridgehead atoms. The molecule has 0 saturated carbocycles. The highest BCUT2D eigenvalue weighted by atomic mass is 32.1. The van der Waals surface area contributed by atoms with Gasteiger partial charge in [-0.3, -0.25) is 15.1 Å². The summed E-state index contributed by atoms with van der Waals surface area (Å²) in [6, 6.07) is 8.18. The van der Waals surface area contributed by atoms with Crippen molar-refractivity contribution in [3.05, 3.63) is 46.2 Å². The Labute approximate surface area is 134 Å². The van der Waals surface area contributed by atoms with Gasteiger partial charge in [0.05, 0.1) is 15.5 Å². The van der Waals surface area contributed by atoms with Crippen LogP contribution in [0.5, 0.6) is 0 Å². The van der Waals surface area contributed by atoms with Crippen molar-refractivity contribution in [1.82, 2.24) is 5.32 Å². The van der Waals surface area contributed by atoms with Crippen LogP contribution in [-0.2, 0) is 0 Å². The maximum Gasteiger partial charge on any atom is 0.282 e. The van der Waals surface area contributed by atoms with Crippen LogP contribution in [0.3, 0.4) is 0 Å². The Morgan fingerprint density at radius 3 is 2.86 bits per heavy atom. The van der Waals surface area contributed by atoms with Gasteiger partial charge in [0.15, 0.2) is 0 Å². The van der Waals surface area contributed by atoms with Crippen LogP contribution < -0.4 is 11.1 Å². The monoisotopic (exact) mass is 319 g/mol. The Balaban J connectivity index is 0.000000224. The molecule has 7 nitrogen and oxygen atoms in total. The maximum atomic E-state index is 10.2. The lowest BCUT2D eigenvalue weighted by atomic mass is 10.3. The predicted molar refractivity (Wildman–Crippen MR) is 88.0 cm³/mol. The van der Waals surface area contributed by atoms with Gasteiger partial charge < -0.3 is 11.1 Å². The summed E-state index contributed by atoms with van der Waals surface area (Å²) in [5.41, 5.74) is 6.48. The topological polar surface area (TPSA) is 117 Å². The van der Waals surface area contributed by atoms with Crippen molar-refractivity contribution in [3.8, 4) is 6.07 Å². The minimum Gasteiger partial charge on any atom is -0.390 e. The first kappa shape index (κ1) is 17.7. The molecule has 0 radical (unpaired) electrons. The lowest BCUT2D eigenvalue weighted by Crippen LogP contribution is -2.21. The van der Waals surface area contributed by atoms with E-state index < -0.39 is 4.92 Å². The third-order valence-electron chi connectivity index (χ3n) is 2.66. The molecule has 2 rings (SSSR count). The average Bonchev–Trinajstić information content (AvgIpc) is 2.76. The smallest absolute Gasteiger partial charge is 0.282 e. The van der Waals surface area contributed by atoms with Gasteiger partial charge in [0.1, 0.15) is 11.8 Å². The number of hydrogen-bond acceptors (Lipinski definition) is 7. The van der Waals surface area contributed by atoms with E-state index in [2.05, 4.69) is 22.9 Å². The number of benzene rings is 1. The standard InChI is InChI=1S/C8H12N4.C6H5NO2S/c9-5-7(10)4-8-6-11-2-1-3-12-8;8-7(9)5-3-1-2-4-6(5)10/h4,11H,1-3,6,10H2;1-4,10H/b7-4-;. The minimum atomic E-state index is -0.456. The molecule has 22 heavy (non-hydrogen) atoms. The first-order valence-electron chi connectivity index (χ1n) is 6.58. The number of thiol groups is 1. The van der Waals surface area contributed by atoms with E-state index in [0.29, 0.717) is 11.4 Å². The van der Waals surface area contributed by atoms with E-state index in [-0.39, 0.29) is 11.4 Å². The van der Waals surface area contributed by atoms with Gasteiger partial charge in [0.25, 0.3) is 5.69 Å². The van der Waals surface area contributed by atoms with Crippen molar-refractivity contribution >= 4 is 24.0 Å². The van der Waals surface area contributed by atoms with Gasteiger partial charge in [0.2, 0.25) is 0 Å². The van der Waals surface area contributed by atoms with Gasteiger partial charge in [-0.25, -0.2) is 0 Å². The molecule has 0 saturated heterocycles. The minimum absolute atomic E-state index is 0.0471. The third kappa shape index (κ3) is 6.39. The summed E-state index contributed by atoms with van der Waals surface area (Å²) in [5.74, 6) is 0. The summed E-state index contributed by atoms with van der Waals surface area (Å²) in [6.45, 7) is 2.51. The maximum absolute atomic E-state index is 10.2. The van der Waals surface area contributed by atoms with Crippen molar-refractivity contribution in [3.63, 3.8) is 0 Å². The van der Waals surface area contributed by atoms with E-state index in [0.717, 1.165) is 25.2 Å². The van der Waals surface area contributed by atoms with Gasteiger partial charge in [-0.05, 0) is 25.1 Å². The lowest BCUT2D eigenvalue weighted by Gasteiger charge is -1.97. The van der Waals surface area contributed by atoms with E-state index in [1.54, 1.807) is 24.3 Å². The Kier molecular flexibility index (Phi) is 7.67. The van der Waals surface area contributed by atoms with E-state index in [4.69, 9.17) is 11.0 Å². The lowest BCUT2D eigenvalue weighted by molar-refractivity contribution is -0.387. The molecule has 0 fully saturated rings. The largest absolute Gasteiger partial charge is 0.390 e. The number of hydrogen-bond donors (Lipinski definition) is 3. The molecule has 3 N–H and O–H groups in total. The molecule has 0 aromatic heterocycles. The quantitative estimate of drug-likeness (QED) is 0.332. The SMILES string of the molecule is N#C/C(N)=C/C1=NCCCNC1.O=[N+]([O-])c1ccccc1S. The number of rotatable bonds is 2. The number of para-hydroxylation sites is 1. The number of nitriles is 1. The molecule has 1 aliphatic heterocycles. The summed E-state index contributed by atoms with van der Waals surface area (Å²) in [7, 11) is 0. The van der Waals surface area contributed by atoms with Gasteiger partial charge in [-0.2, -0.15) is 5.26 Å². The molecule has 1 aromatic rings. The van der Waals surface area contributed by atoms with Gasteiger partial charge in [-0.15, -0.1) is 12.6 Å². The number of nitrogens with two attached hydrogens (primary N) is 1. The van der Waals surface area contributed by atoms with Crippen LogP contribution in [0.25, 0.3) is 0 Å². The fourth-order valence-electron chi connectivity index (χ4n) is 1.63. The highest BCUT2D eigenvalue weighted by Crippen LogP contribution is 2.20. The number of allylic oxidation sites excluding steroid dienone is 1. The number of nitro groups is 1. The molecule has 0 aliphatic carbocycles. The number of nitrogens with one attached hydrogen (secondary N) is 1. The van der Waals surface area contributed by atoms with E-state index in [9.17, 15) is 10.1 Å². The Bertz CT molecular complexity index is 622. The van der Waals surface area contributed by atoms with Gasteiger partial charge in [-0.1, -0.05) is 12.1 Å². The molecular weight excluding hydrogens is 302 g/mol. The highest BCUT2D eigenvalue weighted by molar-refractivity contribution is 7.80. The third-order valence-corrected chi connectivity index (χ3v) is 3.04. The normalized spacial score (nSPS) is 14.7. The molecule has 0 unspecified atom stereocenters. The summed E-state index contributed by atoms with van der Waals surface area (Å²) >= 11 is 3.90. The Hall–Kier alpha value is -2.37. The van der Waals surface area contributed by atoms with Crippen molar-refractivity contribution < 1.29 is 4.92 Å². The van der Waals surface area contributed by atoms with Crippen LogP contribution >= 0.6 is 12.6 Å². The molecule has 0 atom stereocenters. The fourth-order valence-corrected chi connectivity index (χ4v) is 1.87. The zero-order chi connectivity index (χ0) is 16.4. The predicted octanol–water partition coefficient (Wildman–Crippen LogP) is 1.67. The summed E-state index contributed by atoms with van der Waals surface area (Å²) in [5, 5.41) is 21.8. The van der Waals surface area contributed by atoms with Crippen molar-refractivity contribution in [2.75, 3.05) is 19.6 Å². The van der Waals surface area contributed by atoms with Crippen LogP contribution in [0.1, 0.15) is 6.42 Å². The van der Waals surface area contributed by atoms with Crippen LogP contribution in [-0.4, -0.2) is 30.3 Å². The average molecular weight is 319 g/mol. The molecule has 0 spiro atoms. The second-order valence-corrected chi connectivity index (χ2v) is 4.84. The second kappa shape index (κ2) is 9.55. The summed E-state index contributed by atoms with van der Waals surface area (Å²) in [6.07, 6.45) is 2.67. The summed E-state index contributed by atoms with van der Waals surface area (Å²) < 4.78 is 0. The number of nitrogens with zero attached hydrogens (tertiary/aromatic N) is 3. The zero-order valence-corrected chi connectivity index (χ0v) is 12.8. The van der Waals surface area contributed by atoms with Crippen molar-refractivity contribution in [2.45, 2.75) is 11.3 Å². The number of nitro benzene ring substituents is 1. The Morgan fingerprint density at radius 2 is 2.27 bits per heavy atom. The molecule has 1 aliphatic rings. The van der Waals surface area contributed by atoms with Crippen LogP contribution in [0.15, 0.2) is 45.9 Å². The first-order valence-corrected chi connectivity index (χ1v) is 7.03. The molecule has 1 aromatic carbocycles. The molecule has 8 heteroatoms. The number of aliphatic imine (C=N–C) groups is 1. The zero-order valence-electron chi connectivity index (χ0n) is 11.9. The first-order chi connectivity index (χ1) is 10.5.